The summed E-state index contributed by atoms with van der Waals surface area (Å²) in [5.74, 6) is 0.179. The molecule has 0 aromatic carbocycles. The SMILES string of the molecule is COC[C@H]1OC(=O)c2c(C)oc3c2C1(C)C1=C(C3=O)[C@@H]2CCC(=O)C2(C)CC1. The van der Waals surface area contributed by atoms with Gasteiger partial charge in [0.05, 0.1) is 12.0 Å². The minimum atomic E-state index is -0.678. The van der Waals surface area contributed by atoms with Crippen LogP contribution in [0.4, 0.5) is 0 Å². The largest absolute Gasteiger partial charge is 0.457 e. The molecule has 1 aromatic rings. The van der Waals surface area contributed by atoms with E-state index in [1.165, 1.54) is 0 Å². The molecule has 148 valence electrons. The van der Waals surface area contributed by atoms with E-state index < -0.39 is 22.9 Å². The van der Waals surface area contributed by atoms with Crippen molar-refractivity contribution < 1.29 is 28.3 Å². The number of carbonyl (C=O) groups is 3. The summed E-state index contributed by atoms with van der Waals surface area (Å²) in [4.78, 5) is 38.8. The number of ether oxygens (including phenoxy) is 2. The Balaban J connectivity index is 1.80. The molecule has 0 bridgehead atoms. The van der Waals surface area contributed by atoms with Gasteiger partial charge >= 0.3 is 5.97 Å². The Morgan fingerprint density at radius 2 is 1.93 bits per heavy atom. The first-order valence-electron chi connectivity index (χ1n) is 9.90. The average Bonchev–Trinajstić information content (AvgIpc) is 3.16. The summed E-state index contributed by atoms with van der Waals surface area (Å²) >= 11 is 0. The Kier molecular flexibility index (Phi) is 3.47. The van der Waals surface area contributed by atoms with Gasteiger partial charge in [0.2, 0.25) is 5.78 Å². The normalized spacial score (nSPS) is 36.2. The van der Waals surface area contributed by atoms with E-state index in [1.54, 1.807) is 14.0 Å². The van der Waals surface area contributed by atoms with Gasteiger partial charge in [-0.05, 0) is 38.7 Å². The lowest BCUT2D eigenvalue weighted by Crippen LogP contribution is -2.53. The van der Waals surface area contributed by atoms with Gasteiger partial charge in [-0.15, -0.1) is 0 Å². The Morgan fingerprint density at radius 1 is 1.18 bits per heavy atom. The lowest BCUT2D eigenvalue weighted by Gasteiger charge is -2.49. The molecule has 6 heteroatoms. The van der Waals surface area contributed by atoms with Crippen LogP contribution in [0.5, 0.6) is 0 Å². The van der Waals surface area contributed by atoms with Crippen molar-refractivity contribution in [2.24, 2.45) is 11.3 Å². The zero-order valence-corrected chi connectivity index (χ0v) is 16.6. The van der Waals surface area contributed by atoms with Gasteiger partial charge in [0, 0.05) is 36.0 Å². The van der Waals surface area contributed by atoms with Gasteiger partial charge < -0.3 is 13.9 Å². The van der Waals surface area contributed by atoms with Gasteiger partial charge in [-0.25, -0.2) is 4.79 Å². The molecular formula is C22H24O6. The van der Waals surface area contributed by atoms with Crippen molar-refractivity contribution in [1.29, 1.82) is 0 Å². The third kappa shape index (κ3) is 1.85. The fourth-order valence-electron chi connectivity index (χ4n) is 6.15. The second kappa shape index (κ2) is 5.44. The number of furan rings is 1. The summed E-state index contributed by atoms with van der Waals surface area (Å²) in [6.45, 7) is 5.95. The lowest BCUT2D eigenvalue weighted by molar-refractivity contribution is -0.126. The number of fused-ring (bicyclic) bond motifs is 3. The predicted molar refractivity (Wildman–Crippen MR) is 98.3 cm³/mol. The van der Waals surface area contributed by atoms with Crippen LogP contribution in [-0.4, -0.2) is 37.4 Å². The number of carbonyl (C=O) groups excluding carboxylic acids is 3. The van der Waals surface area contributed by atoms with Crippen LogP contribution in [0.15, 0.2) is 15.6 Å². The molecule has 5 rings (SSSR count). The average molecular weight is 384 g/mol. The van der Waals surface area contributed by atoms with E-state index in [2.05, 4.69) is 0 Å². The van der Waals surface area contributed by atoms with Crippen LogP contribution in [0, 0.1) is 18.3 Å². The van der Waals surface area contributed by atoms with Crippen LogP contribution in [-0.2, 0) is 19.7 Å². The smallest absolute Gasteiger partial charge is 0.342 e. The maximum Gasteiger partial charge on any atom is 0.342 e. The molecule has 1 saturated carbocycles. The van der Waals surface area contributed by atoms with Gasteiger partial charge in [0.25, 0.3) is 0 Å². The van der Waals surface area contributed by atoms with Gasteiger partial charge in [-0.3, -0.25) is 9.59 Å². The maximum atomic E-state index is 13.6. The number of methoxy groups -OCH3 is 1. The van der Waals surface area contributed by atoms with Crippen molar-refractivity contribution in [1.82, 2.24) is 0 Å². The third-order valence-corrected chi connectivity index (χ3v) is 7.73. The van der Waals surface area contributed by atoms with Gasteiger partial charge in [-0.2, -0.15) is 0 Å². The predicted octanol–water partition coefficient (Wildman–Crippen LogP) is 3.30. The van der Waals surface area contributed by atoms with E-state index in [1.807, 2.05) is 13.8 Å². The molecule has 0 saturated heterocycles. The van der Waals surface area contributed by atoms with Crippen molar-refractivity contribution in [3.05, 3.63) is 33.8 Å². The summed E-state index contributed by atoms with van der Waals surface area (Å²) in [6, 6.07) is 0. The van der Waals surface area contributed by atoms with E-state index in [4.69, 9.17) is 13.9 Å². The highest BCUT2D eigenvalue weighted by Gasteiger charge is 2.61. The van der Waals surface area contributed by atoms with Gasteiger partial charge in [0.1, 0.15) is 23.2 Å². The minimum Gasteiger partial charge on any atom is -0.457 e. The number of ketones is 2. The number of aryl methyl sites for hydroxylation is 1. The summed E-state index contributed by atoms with van der Waals surface area (Å²) in [5.41, 5.74) is 1.57. The van der Waals surface area contributed by atoms with Crippen molar-refractivity contribution >= 4 is 17.5 Å². The van der Waals surface area contributed by atoms with Crippen LogP contribution in [0.1, 0.15) is 71.8 Å². The highest BCUT2D eigenvalue weighted by atomic mass is 16.6. The zero-order chi connectivity index (χ0) is 20.0. The van der Waals surface area contributed by atoms with E-state index in [-0.39, 0.29) is 29.9 Å². The van der Waals surface area contributed by atoms with Crippen molar-refractivity contribution in [2.45, 2.75) is 58.0 Å². The van der Waals surface area contributed by atoms with Gasteiger partial charge in [-0.1, -0.05) is 6.92 Å². The molecule has 4 atom stereocenters. The summed E-state index contributed by atoms with van der Waals surface area (Å²) in [5, 5.41) is 0. The summed E-state index contributed by atoms with van der Waals surface area (Å²) in [6.07, 6.45) is 2.01. The van der Waals surface area contributed by atoms with E-state index in [0.29, 0.717) is 48.1 Å². The number of allylic oxidation sites excluding steroid dienone is 1. The molecule has 1 aromatic heterocycles. The molecule has 0 radical (unpaired) electrons. The summed E-state index contributed by atoms with van der Waals surface area (Å²) < 4.78 is 17.0. The number of hydrogen-bond acceptors (Lipinski definition) is 6. The van der Waals surface area contributed by atoms with Crippen LogP contribution >= 0.6 is 0 Å². The van der Waals surface area contributed by atoms with Crippen molar-refractivity contribution in [2.75, 3.05) is 13.7 Å². The fraction of sp³-hybridized carbons (Fsp3) is 0.591. The molecule has 28 heavy (non-hydrogen) atoms. The molecule has 2 unspecified atom stereocenters. The molecule has 0 spiro atoms. The van der Waals surface area contributed by atoms with Crippen LogP contribution in [0.25, 0.3) is 0 Å². The Bertz CT molecular complexity index is 981. The van der Waals surface area contributed by atoms with Crippen LogP contribution in [0.3, 0.4) is 0 Å². The molecule has 0 N–H and O–H groups in total. The van der Waals surface area contributed by atoms with E-state index in [0.717, 1.165) is 5.57 Å². The first-order chi connectivity index (χ1) is 13.2. The second-order valence-electron chi connectivity index (χ2n) is 8.94. The Labute approximate surface area is 163 Å². The molecular weight excluding hydrogens is 360 g/mol. The van der Waals surface area contributed by atoms with Crippen molar-refractivity contribution in [3.63, 3.8) is 0 Å². The highest BCUT2D eigenvalue weighted by molar-refractivity contribution is 6.14. The Hall–Kier alpha value is -2.21. The van der Waals surface area contributed by atoms with Crippen LogP contribution < -0.4 is 0 Å². The van der Waals surface area contributed by atoms with Crippen molar-refractivity contribution in [3.8, 4) is 0 Å². The highest BCUT2D eigenvalue weighted by Crippen LogP contribution is 2.60. The molecule has 1 fully saturated rings. The number of rotatable bonds is 2. The third-order valence-electron chi connectivity index (χ3n) is 7.73. The number of Topliss-reactive ketones (excluding diaryl/α,β-unsaturated/α-hetero) is 2. The zero-order valence-electron chi connectivity index (χ0n) is 16.6. The standard InChI is InChI=1S/C22H24O6/c1-10-15-17-19(27-10)18(24)16-11-5-6-13(23)21(11,2)8-7-12(16)22(17,3)14(9-26-4)28-20(15)25/h11,14H,5-9H2,1-4H3/t11-,14+,21?,22?/m0/s1. The second-order valence-corrected chi connectivity index (χ2v) is 8.94. The molecule has 4 aliphatic rings. The molecule has 0 amide bonds. The molecule has 6 nitrogen and oxygen atoms in total. The fourth-order valence-corrected chi connectivity index (χ4v) is 6.15. The summed E-state index contributed by atoms with van der Waals surface area (Å²) in [7, 11) is 1.57. The number of cyclic esters (lactones) is 1. The molecule has 3 aliphatic carbocycles. The topological polar surface area (TPSA) is 82.8 Å². The molecule has 2 heterocycles. The Morgan fingerprint density at radius 3 is 2.64 bits per heavy atom. The van der Waals surface area contributed by atoms with Crippen LogP contribution in [0.2, 0.25) is 0 Å². The molecule has 1 aliphatic heterocycles. The lowest BCUT2D eigenvalue weighted by atomic mass is 9.55. The van der Waals surface area contributed by atoms with E-state index in [9.17, 15) is 14.4 Å². The monoisotopic (exact) mass is 384 g/mol. The minimum absolute atomic E-state index is 0.101. The number of esters is 1. The first kappa shape index (κ1) is 17.9. The quantitative estimate of drug-likeness (QED) is 0.728. The van der Waals surface area contributed by atoms with E-state index >= 15 is 0 Å². The maximum absolute atomic E-state index is 13.6. The first-order valence-corrected chi connectivity index (χ1v) is 9.90. The van der Waals surface area contributed by atoms with Gasteiger partial charge in [0.15, 0.2) is 5.76 Å². The number of hydrogen-bond donors (Lipinski definition) is 0.